The van der Waals surface area contributed by atoms with E-state index in [1.54, 1.807) is 7.11 Å². The highest BCUT2D eigenvalue weighted by Gasteiger charge is 2.04. The average Bonchev–Trinajstić information content (AvgIpc) is 2.28. The molecular weight excluding hydrogens is 226 g/mol. The van der Waals surface area contributed by atoms with Crippen LogP contribution in [0, 0.1) is 0 Å². The molecule has 3 nitrogen and oxygen atoms in total. The molecular formula is C12H18ClNO2. The second kappa shape index (κ2) is 7.49. The Balaban J connectivity index is 2.65. The Morgan fingerprint density at radius 1 is 1.38 bits per heavy atom. The maximum absolute atomic E-state index is 5.95. The van der Waals surface area contributed by atoms with Gasteiger partial charge in [0.05, 0.1) is 0 Å². The van der Waals surface area contributed by atoms with Gasteiger partial charge in [-0.05, 0) is 31.2 Å². The van der Waals surface area contributed by atoms with E-state index in [0.717, 1.165) is 35.8 Å². The lowest BCUT2D eigenvalue weighted by Gasteiger charge is -2.11. The standard InChI is InChI=1S/C12H18ClNO2/c1-3-6-14-8-10-7-11(13)4-5-12(10)16-9-15-2/h4-5,7,14H,3,6,8-9H2,1-2H3. The first-order valence-electron chi connectivity index (χ1n) is 5.38. The molecule has 0 fully saturated rings. The highest BCUT2D eigenvalue weighted by Crippen LogP contribution is 2.22. The smallest absolute Gasteiger partial charge is 0.188 e. The van der Waals surface area contributed by atoms with Gasteiger partial charge in [0.1, 0.15) is 5.75 Å². The predicted molar refractivity (Wildman–Crippen MR) is 66.0 cm³/mol. The second-order valence-corrected chi connectivity index (χ2v) is 3.92. The van der Waals surface area contributed by atoms with Gasteiger partial charge in [0, 0.05) is 24.2 Å². The van der Waals surface area contributed by atoms with Crippen molar-refractivity contribution in [1.82, 2.24) is 5.32 Å². The minimum atomic E-state index is 0.252. The van der Waals surface area contributed by atoms with Crippen LogP contribution in [0.15, 0.2) is 18.2 Å². The zero-order valence-corrected chi connectivity index (χ0v) is 10.5. The first-order valence-corrected chi connectivity index (χ1v) is 5.76. The molecule has 0 amide bonds. The lowest BCUT2D eigenvalue weighted by molar-refractivity contribution is 0.0503. The lowest BCUT2D eigenvalue weighted by Crippen LogP contribution is -2.15. The van der Waals surface area contributed by atoms with Crippen LogP contribution in [0.25, 0.3) is 0 Å². The molecule has 0 aliphatic heterocycles. The molecule has 0 aliphatic rings. The fourth-order valence-electron chi connectivity index (χ4n) is 1.35. The monoisotopic (exact) mass is 243 g/mol. The number of hydrogen-bond donors (Lipinski definition) is 1. The van der Waals surface area contributed by atoms with Gasteiger partial charge in [-0.15, -0.1) is 0 Å². The van der Waals surface area contributed by atoms with Crippen molar-refractivity contribution in [3.05, 3.63) is 28.8 Å². The van der Waals surface area contributed by atoms with E-state index in [-0.39, 0.29) is 6.79 Å². The van der Waals surface area contributed by atoms with Gasteiger partial charge in [0.25, 0.3) is 0 Å². The zero-order chi connectivity index (χ0) is 11.8. The largest absolute Gasteiger partial charge is 0.467 e. The van der Waals surface area contributed by atoms with Gasteiger partial charge in [-0.2, -0.15) is 0 Å². The van der Waals surface area contributed by atoms with E-state index in [0.29, 0.717) is 0 Å². The van der Waals surface area contributed by atoms with Crippen molar-refractivity contribution < 1.29 is 9.47 Å². The number of halogens is 1. The van der Waals surface area contributed by atoms with E-state index in [4.69, 9.17) is 21.1 Å². The first kappa shape index (κ1) is 13.3. The van der Waals surface area contributed by atoms with Crippen molar-refractivity contribution in [2.45, 2.75) is 19.9 Å². The third-order valence-corrected chi connectivity index (χ3v) is 2.33. The second-order valence-electron chi connectivity index (χ2n) is 3.48. The SMILES string of the molecule is CCCNCc1cc(Cl)ccc1OCOC. The lowest BCUT2D eigenvalue weighted by atomic mass is 10.2. The topological polar surface area (TPSA) is 30.5 Å². The van der Waals surface area contributed by atoms with Gasteiger partial charge < -0.3 is 14.8 Å². The summed E-state index contributed by atoms with van der Waals surface area (Å²) in [7, 11) is 1.60. The molecule has 0 aliphatic carbocycles. The van der Waals surface area contributed by atoms with Crippen LogP contribution in [0.3, 0.4) is 0 Å². The first-order chi connectivity index (χ1) is 7.77. The molecule has 0 unspecified atom stereocenters. The molecule has 0 radical (unpaired) electrons. The van der Waals surface area contributed by atoms with E-state index < -0.39 is 0 Å². The van der Waals surface area contributed by atoms with Gasteiger partial charge in [-0.1, -0.05) is 18.5 Å². The quantitative estimate of drug-likeness (QED) is 0.590. The molecule has 1 aromatic carbocycles. The van der Waals surface area contributed by atoms with Crippen molar-refractivity contribution in [2.75, 3.05) is 20.4 Å². The van der Waals surface area contributed by atoms with E-state index in [1.807, 2.05) is 18.2 Å². The number of benzene rings is 1. The molecule has 1 rings (SSSR count). The van der Waals surface area contributed by atoms with Crippen LogP contribution in [0.4, 0.5) is 0 Å². The molecule has 0 atom stereocenters. The van der Waals surface area contributed by atoms with Crippen molar-refractivity contribution in [1.29, 1.82) is 0 Å². The van der Waals surface area contributed by atoms with Crippen molar-refractivity contribution in [3.8, 4) is 5.75 Å². The number of ether oxygens (including phenoxy) is 2. The third-order valence-electron chi connectivity index (χ3n) is 2.10. The molecule has 0 spiro atoms. The molecule has 90 valence electrons. The molecule has 0 heterocycles. The molecule has 1 aromatic rings. The Hall–Kier alpha value is -0.770. The maximum atomic E-state index is 5.95. The Labute approximate surface area is 102 Å². The van der Waals surface area contributed by atoms with Gasteiger partial charge in [-0.25, -0.2) is 0 Å². The predicted octanol–water partition coefficient (Wildman–Crippen LogP) is 2.82. The molecule has 0 saturated carbocycles. The van der Waals surface area contributed by atoms with Crippen molar-refractivity contribution >= 4 is 11.6 Å². The molecule has 16 heavy (non-hydrogen) atoms. The highest BCUT2D eigenvalue weighted by molar-refractivity contribution is 6.30. The Morgan fingerprint density at radius 2 is 2.19 bits per heavy atom. The van der Waals surface area contributed by atoms with Crippen LogP contribution < -0.4 is 10.1 Å². The molecule has 0 bridgehead atoms. The summed E-state index contributed by atoms with van der Waals surface area (Å²) < 4.78 is 10.3. The number of methoxy groups -OCH3 is 1. The van der Waals surface area contributed by atoms with E-state index in [9.17, 15) is 0 Å². The molecule has 1 N–H and O–H groups in total. The number of nitrogens with one attached hydrogen (secondary N) is 1. The van der Waals surface area contributed by atoms with Crippen LogP contribution >= 0.6 is 11.6 Å². The van der Waals surface area contributed by atoms with E-state index >= 15 is 0 Å². The van der Waals surface area contributed by atoms with Crippen molar-refractivity contribution in [3.63, 3.8) is 0 Å². The van der Waals surface area contributed by atoms with Gasteiger partial charge >= 0.3 is 0 Å². The van der Waals surface area contributed by atoms with Crippen LogP contribution in [-0.2, 0) is 11.3 Å². The Morgan fingerprint density at radius 3 is 2.88 bits per heavy atom. The summed E-state index contributed by atoms with van der Waals surface area (Å²) in [6.07, 6.45) is 1.11. The van der Waals surface area contributed by atoms with Gasteiger partial charge in [0.2, 0.25) is 0 Å². The summed E-state index contributed by atoms with van der Waals surface area (Å²) in [5.41, 5.74) is 1.05. The fourth-order valence-corrected chi connectivity index (χ4v) is 1.54. The Bertz CT molecular complexity index is 318. The van der Waals surface area contributed by atoms with Crippen LogP contribution in [0.5, 0.6) is 5.75 Å². The van der Waals surface area contributed by atoms with E-state index in [2.05, 4.69) is 12.2 Å². The minimum Gasteiger partial charge on any atom is -0.467 e. The summed E-state index contributed by atoms with van der Waals surface area (Å²) in [6, 6.07) is 5.59. The summed E-state index contributed by atoms with van der Waals surface area (Å²) in [4.78, 5) is 0. The zero-order valence-electron chi connectivity index (χ0n) is 9.75. The normalized spacial score (nSPS) is 10.4. The summed E-state index contributed by atoms with van der Waals surface area (Å²) in [5.74, 6) is 0.815. The minimum absolute atomic E-state index is 0.252. The summed E-state index contributed by atoms with van der Waals surface area (Å²) >= 11 is 5.95. The summed E-state index contributed by atoms with van der Waals surface area (Å²) in [6.45, 7) is 4.12. The van der Waals surface area contributed by atoms with Crippen LogP contribution in [0.1, 0.15) is 18.9 Å². The molecule has 0 saturated heterocycles. The maximum Gasteiger partial charge on any atom is 0.188 e. The number of rotatable bonds is 7. The highest BCUT2D eigenvalue weighted by atomic mass is 35.5. The van der Waals surface area contributed by atoms with Crippen LogP contribution in [0.2, 0.25) is 5.02 Å². The van der Waals surface area contributed by atoms with Crippen LogP contribution in [-0.4, -0.2) is 20.4 Å². The van der Waals surface area contributed by atoms with Gasteiger partial charge in [-0.3, -0.25) is 0 Å². The Kier molecular flexibility index (Phi) is 6.23. The van der Waals surface area contributed by atoms with Crippen molar-refractivity contribution in [2.24, 2.45) is 0 Å². The van der Waals surface area contributed by atoms with Gasteiger partial charge in [0.15, 0.2) is 6.79 Å². The fraction of sp³-hybridized carbons (Fsp3) is 0.500. The molecule has 4 heteroatoms. The third kappa shape index (κ3) is 4.39. The summed E-state index contributed by atoms with van der Waals surface area (Å²) in [5, 5.41) is 4.04. The number of hydrogen-bond acceptors (Lipinski definition) is 3. The van der Waals surface area contributed by atoms with E-state index in [1.165, 1.54) is 0 Å². The molecule has 0 aromatic heterocycles. The average molecular weight is 244 g/mol.